The van der Waals surface area contributed by atoms with Gasteiger partial charge in [0, 0.05) is 59.1 Å². The predicted octanol–water partition coefficient (Wildman–Crippen LogP) is -1.66. The summed E-state index contributed by atoms with van der Waals surface area (Å²) in [5.74, 6) is 0. The molecule has 0 aliphatic carbocycles. The van der Waals surface area contributed by atoms with Crippen molar-refractivity contribution in [3.8, 4) is 0 Å². The van der Waals surface area contributed by atoms with E-state index >= 15 is 0 Å². The fraction of sp³-hybridized carbons (Fsp3) is 0. The number of hydrogen-bond acceptors (Lipinski definition) is 0. The van der Waals surface area contributed by atoms with E-state index in [1.165, 1.54) is 0 Å². The fourth-order valence-electron chi connectivity index (χ4n) is 0. The SMILES string of the molecule is O.O.[Co].[Ni].[Sc]. The Morgan fingerprint density at radius 1 is 0.800 bits per heavy atom. The van der Waals surface area contributed by atoms with Crippen molar-refractivity contribution in [3.05, 3.63) is 0 Å². The van der Waals surface area contributed by atoms with Gasteiger partial charge in [-0.3, -0.25) is 0 Å². The molecule has 0 aromatic heterocycles. The van der Waals surface area contributed by atoms with Gasteiger partial charge in [-0.15, -0.1) is 0 Å². The Bertz CT molecular complexity index is 9.61. The van der Waals surface area contributed by atoms with Crippen molar-refractivity contribution in [2.75, 3.05) is 0 Å². The Morgan fingerprint density at radius 3 is 0.800 bits per heavy atom. The van der Waals surface area contributed by atoms with E-state index in [0.717, 1.165) is 0 Å². The van der Waals surface area contributed by atoms with Crippen molar-refractivity contribution in [2.24, 2.45) is 0 Å². The van der Waals surface area contributed by atoms with Gasteiger partial charge in [0.25, 0.3) is 0 Å². The first-order valence-electron chi connectivity index (χ1n) is 0. The van der Waals surface area contributed by atoms with E-state index in [0.29, 0.717) is 0 Å². The summed E-state index contributed by atoms with van der Waals surface area (Å²) in [5, 5.41) is 0. The molecule has 5 heavy (non-hydrogen) atoms. The first-order chi connectivity index (χ1) is 0. The van der Waals surface area contributed by atoms with Gasteiger partial charge in [-0.05, 0) is 0 Å². The van der Waals surface area contributed by atoms with Crippen molar-refractivity contribution < 1.29 is 70.1 Å². The minimum atomic E-state index is 0. The maximum atomic E-state index is 0. The van der Waals surface area contributed by atoms with Gasteiger partial charge < -0.3 is 11.0 Å². The first-order valence-corrected chi connectivity index (χ1v) is 0. The van der Waals surface area contributed by atoms with Gasteiger partial charge in [-0.25, -0.2) is 0 Å². The van der Waals surface area contributed by atoms with Crippen LogP contribution in [-0.4, -0.2) is 11.0 Å². The van der Waals surface area contributed by atoms with Crippen LogP contribution in [0.1, 0.15) is 0 Å². The second kappa shape index (κ2) is 41.5. The normalized spacial score (nSPS) is 0. The molecule has 0 unspecified atom stereocenters. The van der Waals surface area contributed by atoms with Crippen LogP contribution >= 0.6 is 0 Å². The summed E-state index contributed by atoms with van der Waals surface area (Å²) in [7, 11) is 0. The van der Waals surface area contributed by atoms with Crippen molar-refractivity contribution in [2.45, 2.75) is 0 Å². The first kappa shape index (κ1) is 71.0. The molecule has 0 aromatic carbocycles. The maximum absolute atomic E-state index is 0. The summed E-state index contributed by atoms with van der Waals surface area (Å²) < 4.78 is 0. The van der Waals surface area contributed by atoms with Crippen molar-refractivity contribution in [1.29, 1.82) is 0 Å². The average Bonchev–Trinajstić information content (AvgIpc) is 0. The van der Waals surface area contributed by atoms with E-state index in [2.05, 4.69) is 0 Å². The molecule has 0 spiro atoms. The molecule has 2 radical (unpaired) electrons. The molecule has 5 heteroatoms. The Balaban J connectivity index is 0. The Hall–Kier alpha value is 1.79. The van der Waals surface area contributed by atoms with Crippen LogP contribution in [0.5, 0.6) is 0 Å². The quantitative estimate of drug-likeness (QED) is 0.419. The minimum Gasteiger partial charge on any atom is -0.412 e. The maximum Gasteiger partial charge on any atom is 0 e. The molecule has 0 aromatic rings. The molecular formula is H4CoNiO2Sc. The van der Waals surface area contributed by atoms with Gasteiger partial charge >= 0.3 is 0 Å². The smallest absolute Gasteiger partial charge is 0 e. The predicted molar refractivity (Wildman–Crippen MR) is 7.23 cm³/mol. The molecule has 0 bridgehead atoms. The molecular weight excluding hydrogens is 195 g/mol. The topological polar surface area (TPSA) is 63.0 Å². The van der Waals surface area contributed by atoms with Gasteiger partial charge in [0.1, 0.15) is 0 Å². The van der Waals surface area contributed by atoms with E-state index in [-0.39, 0.29) is 70.1 Å². The van der Waals surface area contributed by atoms with E-state index in [1.807, 2.05) is 0 Å². The van der Waals surface area contributed by atoms with Crippen LogP contribution in [0.4, 0.5) is 0 Å². The van der Waals surface area contributed by atoms with Crippen LogP contribution < -0.4 is 0 Å². The summed E-state index contributed by atoms with van der Waals surface area (Å²) in [6.45, 7) is 0. The van der Waals surface area contributed by atoms with Crippen molar-refractivity contribution in [1.82, 2.24) is 0 Å². The number of rotatable bonds is 0. The summed E-state index contributed by atoms with van der Waals surface area (Å²) in [6.07, 6.45) is 0. The second-order valence-electron chi connectivity index (χ2n) is 0. The fourth-order valence-corrected chi connectivity index (χ4v) is 0. The van der Waals surface area contributed by atoms with E-state index in [4.69, 9.17) is 0 Å². The van der Waals surface area contributed by atoms with Crippen LogP contribution in [0, 0.1) is 0 Å². The van der Waals surface area contributed by atoms with Crippen LogP contribution in [0.3, 0.4) is 0 Å². The van der Waals surface area contributed by atoms with Gasteiger partial charge in [0.15, 0.2) is 0 Å². The van der Waals surface area contributed by atoms with Crippen LogP contribution in [0.15, 0.2) is 0 Å². The molecule has 0 amide bonds. The zero-order valence-electron chi connectivity index (χ0n) is 2.23. The average molecular weight is 199 g/mol. The molecule has 0 atom stereocenters. The Labute approximate surface area is 69.6 Å². The molecule has 0 rings (SSSR count). The summed E-state index contributed by atoms with van der Waals surface area (Å²) in [6, 6.07) is 0. The van der Waals surface area contributed by atoms with Crippen molar-refractivity contribution >= 4 is 0 Å². The van der Waals surface area contributed by atoms with Crippen LogP contribution in [0.2, 0.25) is 0 Å². The molecule has 4 N–H and O–H groups in total. The van der Waals surface area contributed by atoms with E-state index in [1.54, 1.807) is 0 Å². The van der Waals surface area contributed by atoms with E-state index in [9.17, 15) is 0 Å². The minimum absolute atomic E-state index is 0. The second-order valence-corrected chi connectivity index (χ2v) is 0. The third-order valence-electron chi connectivity index (χ3n) is 0. The summed E-state index contributed by atoms with van der Waals surface area (Å²) >= 11 is 0. The van der Waals surface area contributed by atoms with Gasteiger partial charge in [0.2, 0.25) is 0 Å². The Morgan fingerprint density at radius 2 is 0.800 bits per heavy atom. The standard InChI is InChI=1S/Co.Ni.2H2O.Sc/h;;2*1H2;. The molecule has 38 valence electrons. The third-order valence-corrected chi connectivity index (χ3v) is 0. The zero-order valence-corrected chi connectivity index (χ0v) is 6.06. The largest absolute Gasteiger partial charge is 0.412 e. The summed E-state index contributed by atoms with van der Waals surface area (Å²) in [5.41, 5.74) is 0. The molecule has 0 fully saturated rings. The molecule has 0 saturated carbocycles. The van der Waals surface area contributed by atoms with E-state index < -0.39 is 0 Å². The molecule has 2 nitrogen and oxygen atoms in total. The molecule has 0 aliphatic rings. The third kappa shape index (κ3) is 26.0. The zero-order chi connectivity index (χ0) is 0. The van der Waals surface area contributed by atoms with Gasteiger partial charge in [0.05, 0.1) is 0 Å². The Kier molecular flexibility index (Phi) is 589. The summed E-state index contributed by atoms with van der Waals surface area (Å²) in [4.78, 5) is 0. The van der Waals surface area contributed by atoms with Gasteiger partial charge in [-0.2, -0.15) is 0 Å². The number of hydrogen-bond donors (Lipinski definition) is 0. The monoisotopic (exact) mass is 198 g/mol. The molecule has 0 aliphatic heterocycles. The van der Waals surface area contributed by atoms with Crippen LogP contribution in [0.25, 0.3) is 0 Å². The molecule has 0 saturated heterocycles. The van der Waals surface area contributed by atoms with Gasteiger partial charge in [-0.1, -0.05) is 0 Å². The van der Waals surface area contributed by atoms with Crippen molar-refractivity contribution in [3.63, 3.8) is 0 Å². The van der Waals surface area contributed by atoms with Crippen LogP contribution in [-0.2, 0) is 59.1 Å². The molecule has 0 heterocycles.